The third kappa shape index (κ3) is 6.99. The number of hydrogen-bond donors (Lipinski definition) is 3. The Morgan fingerprint density at radius 3 is 1.97 bits per heavy atom. The lowest BCUT2D eigenvalue weighted by Gasteiger charge is -2.33. The summed E-state index contributed by atoms with van der Waals surface area (Å²) in [5, 5.41) is 18.1. The summed E-state index contributed by atoms with van der Waals surface area (Å²) in [4.78, 5) is 0. The number of hydrogen-bond acceptors (Lipinski definition) is 8. The molecule has 8 nitrogen and oxygen atoms in total. The van der Waals surface area contributed by atoms with Crippen molar-refractivity contribution >= 4 is 0 Å². The van der Waals surface area contributed by atoms with Gasteiger partial charge in [-0.1, -0.05) is 12.1 Å². The van der Waals surface area contributed by atoms with Crippen LogP contribution in [-0.4, -0.2) is 64.9 Å². The molecular formula is C26H38N2O6. The van der Waals surface area contributed by atoms with Gasteiger partial charge < -0.3 is 39.4 Å². The van der Waals surface area contributed by atoms with E-state index < -0.39 is 6.10 Å². The minimum absolute atomic E-state index is 0.167. The Morgan fingerprint density at radius 2 is 1.44 bits per heavy atom. The van der Waals surface area contributed by atoms with Gasteiger partial charge in [0.2, 0.25) is 0 Å². The standard InChI is InChI=1S/C26H38N2O6/c1-30-21-10-8-18(13-24(21)32-3)15-27-17-20(26(29)23-7-5-6-12-34-23)28-16-19-9-11-22(31-2)25(14-19)33-4/h8-11,13-14,20,23,26-29H,5-7,12,15-17H2,1-4H3. The molecule has 1 saturated heterocycles. The second-order valence-electron chi connectivity index (χ2n) is 8.39. The molecule has 188 valence electrons. The first-order valence-electron chi connectivity index (χ1n) is 11.7. The van der Waals surface area contributed by atoms with Gasteiger partial charge in [-0.2, -0.15) is 0 Å². The highest BCUT2D eigenvalue weighted by molar-refractivity contribution is 5.43. The monoisotopic (exact) mass is 474 g/mol. The molecule has 1 aliphatic rings. The number of rotatable bonds is 13. The maximum atomic E-state index is 11.1. The largest absolute Gasteiger partial charge is 0.493 e. The SMILES string of the molecule is COc1ccc(CNCC(NCc2ccc(OC)c(OC)c2)C(O)C2CCCCO2)cc1OC. The topological polar surface area (TPSA) is 90.4 Å². The van der Waals surface area contributed by atoms with Crippen molar-refractivity contribution in [3.05, 3.63) is 47.5 Å². The molecule has 2 aromatic rings. The molecule has 3 N–H and O–H groups in total. The molecule has 3 unspecified atom stereocenters. The van der Waals surface area contributed by atoms with E-state index >= 15 is 0 Å². The zero-order valence-electron chi connectivity index (χ0n) is 20.6. The van der Waals surface area contributed by atoms with E-state index in [2.05, 4.69) is 10.6 Å². The molecular weight excluding hydrogens is 436 g/mol. The fraction of sp³-hybridized carbons (Fsp3) is 0.538. The second kappa shape index (κ2) is 13.4. The van der Waals surface area contributed by atoms with Crippen molar-refractivity contribution in [3.8, 4) is 23.0 Å². The normalized spacial score (nSPS) is 17.6. The first-order chi connectivity index (χ1) is 16.6. The van der Waals surface area contributed by atoms with Gasteiger partial charge in [0.1, 0.15) is 0 Å². The van der Waals surface area contributed by atoms with Crippen molar-refractivity contribution in [2.75, 3.05) is 41.6 Å². The van der Waals surface area contributed by atoms with Crippen LogP contribution in [0, 0.1) is 0 Å². The Bertz CT molecular complexity index is 888. The zero-order valence-corrected chi connectivity index (χ0v) is 20.6. The highest BCUT2D eigenvalue weighted by Crippen LogP contribution is 2.28. The van der Waals surface area contributed by atoms with Crippen LogP contribution in [0.4, 0.5) is 0 Å². The minimum Gasteiger partial charge on any atom is -0.493 e. The maximum Gasteiger partial charge on any atom is 0.161 e. The summed E-state index contributed by atoms with van der Waals surface area (Å²) >= 11 is 0. The Kier molecular flexibility index (Phi) is 10.3. The lowest BCUT2D eigenvalue weighted by molar-refractivity contribution is -0.0744. The Labute approximate surface area is 202 Å². The van der Waals surface area contributed by atoms with Gasteiger partial charge >= 0.3 is 0 Å². The molecule has 0 spiro atoms. The molecule has 2 aromatic carbocycles. The minimum atomic E-state index is -0.627. The summed E-state index contributed by atoms with van der Waals surface area (Å²) in [6, 6.07) is 11.5. The summed E-state index contributed by atoms with van der Waals surface area (Å²) in [6.07, 6.45) is 2.19. The van der Waals surface area contributed by atoms with Gasteiger partial charge in [0.25, 0.3) is 0 Å². The second-order valence-corrected chi connectivity index (χ2v) is 8.39. The van der Waals surface area contributed by atoms with Crippen LogP contribution in [0.1, 0.15) is 30.4 Å². The molecule has 0 amide bonds. The number of aliphatic hydroxyl groups excluding tert-OH is 1. The van der Waals surface area contributed by atoms with Gasteiger partial charge in [-0.05, 0) is 54.7 Å². The van der Waals surface area contributed by atoms with Crippen molar-refractivity contribution in [3.63, 3.8) is 0 Å². The van der Waals surface area contributed by atoms with Crippen LogP contribution < -0.4 is 29.6 Å². The summed E-state index contributed by atoms with van der Waals surface area (Å²) in [5.74, 6) is 2.77. The van der Waals surface area contributed by atoms with Gasteiger partial charge in [-0.15, -0.1) is 0 Å². The van der Waals surface area contributed by atoms with E-state index in [-0.39, 0.29) is 12.1 Å². The van der Waals surface area contributed by atoms with E-state index in [1.165, 1.54) is 0 Å². The summed E-state index contributed by atoms with van der Waals surface area (Å²) < 4.78 is 27.4. The molecule has 1 heterocycles. The molecule has 0 aromatic heterocycles. The van der Waals surface area contributed by atoms with Crippen LogP contribution in [0.5, 0.6) is 23.0 Å². The smallest absolute Gasteiger partial charge is 0.161 e. The number of nitrogens with one attached hydrogen (secondary N) is 2. The summed E-state index contributed by atoms with van der Waals surface area (Å²) in [5.41, 5.74) is 2.11. The molecule has 0 bridgehead atoms. The quantitative estimate of drug-likeness (QED) is 0.408. The van der Waals surface area contributed by atoms with Crippen molar-refractivity contribution in [2.45, 2.75) is 50.6 Å². The van der Waals surface area contributed by atoms with E-state index in [0.717, 1.165) is 30.4 Å². The van der Waals surface area contributed by atoms with Crippen molar-refractivity contribution in [1.29, 1.82) is 0 Å². The van der Waals surface area contributed by atoms with Crippen molar-refractivity contribution in [1.82, 2.24) is 10.6 Å². The molecule has 8 heteroatoms. The first-order valence-corrected chi connectivity index (χ1v) is 11.7. The molecule has 3 atom stereocenters. The van der Waals surface area contributed by atoms with Gasteiger partial charge in [-0.3, -0.25) is 0 Å². The molecule has 3 rings (SSSR count). The molecule has 0 radical (unpaired) electrons. The van der Waals surface area contributed by atoms with Crippen molar-refractivity contribution in [2.24, 2.45) is 0 Å². The average molecular weight is 475 g/mol. The Hall–Kier alpha value is -2.52. The van der Waals surface area contributed by atoms with Crippen LogP contribution in [0.3, 0.4) is 0 Å². The van der Waals surface area contributed by atoms with Crippen LogP contribution in [0.2, 0.25) is 0 Å². The number of benzene rings is 2. The van der Waals surface area contributed by atoms with Gasteiger partial charge in [0, 0.05) is 32.3 Å². The van der Waals surface area contributed by atoms with Gasteiger partial charge in [-0.25, -0.2) is 0 Å². The number of methoxy groups -OCH3 is 4. The van der Waals surface area contributed by atoms with Crippen LogP contribution in [0.25, 0.3) is 0 Å². The predicted octanol–water partition coefficient (Wildman–Crippen LogP) is 2.90. The molecule has 0 saturated carbocycles. The van der Waals surface area contributed by atoms with Crippen LogP contribution in [0.15, 0.2) is 36.4 Å². The highest BCUT2D eigenvalue weighted by atomic mass is 16.5. The third-order valence-electron chi connectivity index (χ3n) is 6.17. The lowest BCUT2D eigenvalue weighted by Crippen LogP contribution is -2.52. The molecule has 0 aliphatic carbocycles. The average Bonchev–Trinajstić information content (AvgIpc) is 2.90. The van der Waals surface area contributed by atoms with E-state index in [1.807, 2.05) is 36.4 Å². The van der Waals surface area contributed by atoms with E-state index in [4.69, 9.17) is 23.7 Å². The Balaban J connectivity index is 1.64. The molecule has 1 fully saturated rings. The van der Waals surface area contributed by atoms with Crippen LogP contribution >= 0.6 is 0 Å². The Morgan fingerprint density at radius 1 is 0.853 bits per heavy atom. The predicted molar refractivity (Wildman–Crippen MR) is 131 cm³/mol. The van der Waals surface area contributed by atoms with E-state index in [0.29, 0.717) is 49.2 Å². The maximum absolute atomic E-state index is 11.1. The van der Waals surface area contributed by atoms with E-state index in [1.54, 1.807) is 28.4 Å². The van der Waals surface area contributed by atoms with Gasteiger partial charge in [0.05, 0.1) is 40.6 Å². The fourth-order valence-corrected chi connectivity index (χ4v) is 4.21. The van der Waals surface area contributed by atoms with Crippen molar-refractivity contribution < 1.29 is 28.8 Å². The van der Waals surface area contributed by atoms with Crippen LogP contribution in [-0.2, 0) is 17.8 Å². The third-order valence-corrected chi connectivity index (χ3v) is 6.17. The zero-order chi connectivity index (χ0) is 24.3. The lowest BCUT2D eigenvalue weighted by atomic mass is 9.98. The molecule has 34 heavy (non-hydrogen) atoms. The summed E-state index contributed by atoms with van der Waals surface area (Å²) in [6.45, 7) is 2.48. The molecule has 1 aliphatic heterocycles. The summed E-state index contributed by atoms with van der Waals surface area (Å²) in [7, 11) is 6.50. The number of aliphatic hydroxyl groups is 1. The first kappa shape index (κ1) is 26.1. The van der Waals surface area contributed by atoms with E-state index in [9.17, 15) is 5.11 Å². The highest BCUT2D eigenvalue weighted by Gasteiger charge is 2.29. The van der Waals surface area contributed by atoms with Gasteiger partial charge in [0.15, 0.2) is 23.0 Å². The fourth-order valence-electron chi connectivity index (χ4n) is 4.21. The number of ether oxygens (including phenoxy) is 5.